The minimum absolute atomic E-state index is 0.0175. The number of unbranched alkanes of at least 4 members (excludes halogenated alkanes) is 1. The summed E-state index contributed by atoms with van der Waals surface area (Å²) in [5.74, 6) is -0.831. The fraction of sp³-hybridized carbons (Fsp3) is 0.600. The third kappa shape index (κ3) is 3.63. The fourth-order valence-electron chi connectivity index (χ4n) is 5.19. The molecule has 30 heavy (non-hydrogen) atoms. The van der Waals surface area contributed by atoms with Gasteiger partial charge in [0, 0.05) is 17.4 Å². The van der Waals surface area contributed by atoms with Gasteiger partial charge in [0.2, 0.25) is 0 Å². The first-order chi connectivity index (χ1) is 14.1. The Morgan fingerprint density at radius 1 is 1.30 bits per heavy atom. The molecule has 0 amide bonds. The van der Waals surface area contributed by atoms with Crippen LogP contribution in [0.3, 0.4) is 0 Å². The van der Waals surface area contributed by atoms with Crippen molar-refractivity contribution in [1.82, 2.24) is 0 Å². The van der Waals surface area contributed by atoms with Crippen LogP contribution < -0.4 is 0 Å². The summed E-state index contributed by atoms with van der Waals surface area (Å²) in [5, 5.41) is 11.2. The molecule has 3 fully saturated rings. The molecular formula is C25H34O5. The normalized spacial score (nSPS) is 40.6. The molecule has 3 aliphatic rings. The Balaban J connectivity index is 1.75. The largest absolute Gasteiger partial charge is 0.456 e. The first-order valence-electron chi connectivity index (χ1n) is 10.9. The van der Waals surface area contributed by atoms with Crippen LogP contribution in [0.25, 0.3) is 0 Å². The molecule has 1 spiro atoms. The van der Waals surface area contributed by atoms with Crippen LogP contribution in [0.15, 0.2) is 48.6 Å². The predicted molar refractivity (Wildman–Crippen MR) is 116 cm³/mol. The molecule has 5 nitrogen and oxygen atoms in total. The van der Waals surface area contributed by atoms with Crippen LogP contribution in [-0.2, 0) is 19.1 Å². The maximum Gasteiger partial charge on any atom is 0.331 e. The summed E-state index contributed by atoms with van der Waals surface area (Å²) >= 11 is 0. The number of carbonyl (C=O) groups excluding carboxylic acids is 2. The number of ether oxygens (including phenoxy) is 2. The van der Waals surface area contributed by atoms with Crippen LogP contribution in [0.5, 0.6) is 0 Å². The van der Waals surface area contributed by atoms with Crippen LogP contribution in [0.2, 0.25) is 0 Å². The zero-order valence-corrected chi connectivity index (χ0v) is 18.5. The van der Waals surface area contributed by atoms with Crippen LogP contribution in [0.1, 0.15) is 59.8 Å². The van der Waals surface area contributed by atoms with Gasteiger partial charge >= 0.3 is 5.97 Å². The molecule has 0 unspecified atom stereocenters. The molecule has 164 valence electrons. The lowest BCUT2D eigenvalue weighted by atomic mass is 9.50. The van der Waals surface area contributed by atoms with Gasteiger partial charge in [-0.15, -0.1) is 0 Å². The first-order valence-corrected chi connectivity index (χ1v) is 10.9. The highest BCUT2D eigenvalue weighted by Crippen LogP contribution is 2.68. The van der Waals surface area contributed by atoms with E-state index < -0.39 is 34.8 Å². The molecular weight excluding hydrogens is 380 g/mol. The van der Waals surface area contributed by atoms with Crippen molar-refractivity contribution in [2.24, 2.45) is 11.3 Å². The van der Waals surface area contributed by atoms with Crippen molar-refractivity contribution >= 4 is 11.8 Å². The van der Waals surface area contributed by atoms with Gasteiger partial charge in [0.25, 0.3) is 0 Å². The summed E-state index contributed by atoms with van der Waals surface area (Å²) in [4.78, 5) is 25.3. The van der Waals surface area contributed by atoms with Gasteiger partial charge in [-0.2, -0.15) is 0 Å². The van der Waals surface area contributed by atoms with E-state index >= 15 is 0 Å². The third-order valence-electron chi connectivity index (χ3n) is 7.29. The summed E-state index contributed by atoms with van der Waals surface area (Å²) in [6.07, 6.45) is 13.0. The van der Waals surface area contributed by atoms with Gasteiger partial charge < -0.3 is 14.6 Å². The van der Waals surface area contributed by atoms with E-state index in [1.54, 1.807) is 19.1 Å². The number of esters is 1. The molecule has 1 N–H and O–H groups in total. The Labute approximate surface area is 179 Å². The lowest BCUT2D eigenvalue weighted by Crippen LogP contribution is -2.67. The zero-order valence-electron chi connectivity index (χ0n) is 18.5. The molecule has 6 atom stereocenters. The monoisotopic (exact) mass is 414 g/mol. The number of hydrogen-bond donors (Lipinski definition) is 1. The van der Waals surface area contributed by atoms with E-state index in [9.17, 15) is 14.7 Å². The third-order valence-corrected chi connectivity index (χ3v) is 7.29. The SMILES string of the molecule is C=C(C)[C@@H]1C[C@@]2(C)[C@@]3(O[C@@H]3C1=O)[C@H](OC(=O)/C=C/C=C\C=C\CCC)CC[C@@]2(C)O. The van der Waals surface area contributed by atoms with Gasteiger partial charge in [-0.3, -0.25) is 4.79 Å². The van der Waals surface area contributed by atoms with E-state index in [0.29, 0.717) is 19.3 Å². The predicted octanol–water partition coefficient (Wildman–Crippen LogP) is 4.22. The number of Topliss-reactive ketones (excluding diaryl/α,β-unsaturated/α-hetero) is 1. The van der Waals surface area contributed by atoms with Crippen molar-refractivity contribution in [3.8, 4) is 0 Å². The van der Waals surface area contributed by atoms with Crippen LogP contribution >= 0.6 is 0 Å². The van der Waals surface area contributed by atoms with Crippen molar-refractivity contribution in [3.63, 3.8) is 0 Å². The smallest absolute Gasteiger partial charge is 0.331 e. The topological polar surface area (TPSA) is 76.1 Å². The molecule has 2 aliphatic carbocycles. The van der Waals surface area contributed by atoms with E-state index in [-0.39, 0.29) is 11.7 Å². The Bertz CT molecular complexity index is 804. The highest BCUT2D eigenvalue weighted by molar-refractivity contribution is 5.93. The summed E-state index contributed by atoms with van der Waals surface area (Å²) in [5.41, 5.74) is -1.91. The van der Waals surface area contributed by atoms with Gasteiger partial charge in [0.1, 0.15) is 11.7 Å². The van der Waals surface area contributed by atoms with Gasteiger partial charge in [0.05, 0.1) is 5.60 Å². The number of carbonyl (C=O) groups is 2. The maximum atomic E-state index is 12.9. The van der Waals surface area contributed by atoms with Gasteiger partial charge in [-0.1, -0.05) is 62.8 Å². The minimum Gasteiger partial charge on any atom is -0.456 e. The fourth-order valence-corrected chi connectivity index (χ4v) is 5.19. The molecule has 1 saturated heterocycles. The van der Waals surface area contributed by atoms with E-state index in [1.807, 2.05) is 26.0 Å². The summed E-state index contributed by atoms with van der Waals surface area (Å²) in [7, 11) is 0. The molecule has 1 aliphatic heterocycles. The molecule has 5 heteroatoms. The molecule has 2 saturated carbocycles. The van der Waals surface area contributed by atoms with E-state index in [1.165, 1.54) is 6.08 Å². The molecule has 0 aromatic carbocycles. The van der Waals surface area contributed by atoms with E-state index in [2.05, 4.69) is 19.6 Å². The molecule has 1 heterocycles. The molecule has 0 aromatic heterocycles. The molecule has 0 aromatic rings. The van der Waals surface area contributed by atoms with Crippen molar-refractivity contribution in [1.29, 1.82) is 0 Å². The lowest BCUT2D eigenvalue weighted by molar-refractivity contribution is -0.197. The summed E-state index contributed by atoms with van der Waals surface area (Å²) in [6, 6.07) is 0. The van der Waals surface area contributed by atoms with Crippen molar-refractivity contribution in [2.75, 3.05) is 0 Å². The maximum absolute atomic E-state index is 12.9. The standard InChI is InChI=1S/C25H34O5/c1-6-7-8-9-10-11-12-13-20(26)29-19-14-15-24(5,28)23(4)16-18(17(2)3)21(27)22-25(19,23)30-22/h8-13,18-19,22,28H,2,6-7,14-16H2,1,3-5H3/b9-8+,11-10-,13-12+/t18-,19+,22+,23+,24+,25+/m0/s1. The Morgan fingerprint density at radius 2 is 2.00 bits per heavy atom. The number of rotatable bonds is 7. The highest BCUT2D eigenvalue weighted by atomic mass is 16.7. The quantitative estimate of drug-likeness (QED) is 0.222. The number of aliphatic hydroxyl groups is 1. The average molecular weight is 415 g/mol. The van der Waals surface area contributed by atoms with E-state index in [0.717, 1.165) is 18.4 Å². The highest BCUT2D eigenvalue weighted by Gasteiger charge is 2.82. The number of allylic oxidation sites excluding steroid dienone is 6. The van der Waals surface area contributed by atoms with Gasteiger partial charge in [-0.05, 0) is 39.5 Å². The minimum atomic E-state index is -1.03. The zero-order chi connectivity index (χ0) is 22.2. The Hall–Kier alpha value is -1.98. The second-order valence-corrected chi connectivity index (χ2v) is 9.33. The second-order valence-electron chi connectivity index (χ2n) is 9.33. The summed E-state index contributed by atoms with van der Waals surface area (Å²) in [6.45, 7) is 11.7. The van der Waals surface area contributed by atoms with Gasteiger partial charge in [-0.25, -0.2) is 4.79 Å². The first kappa shape index (κ1) is 22.7. The number of ketones is 1. The Kier molecular flexibility index (Phi) is 6.26. The van der Waals surface area contributed by atoms with Crippen molar-refractivity contribution in [2.45, 2.75) is 83.2 Å². The number of hydrogen-bond acceptors (Lipinski definition) is 5. The number of epoxide rings is 1. The van der Waals surface area contributed by atoms with Crippen molar-refractivity contribution in [3.05, 3.63) is 48.6 Å². The van der Waals surface area contributed by atoms with Crippen molar-refractivity contribution < 1.29 is 24.2 Å². The molecule has 0 radical (unpaired) electrons. The van der Waals surface area contributed by atoms with Crippen LogP contribution in [-0.4, -0.2) is 40.3 Å². The van der Waals surface area contributed by atoms with Crippen LogP contribution in [0, 0.1) is 11.3 Å². The summed E-state index contributed by atoms with van der Waals surface area (Å²) < 4.78 is 11.8. The second kappa shape index (κ2) is 8.27. The average Bonchev–Trinajstić information content (AvgIpc) is 3.44. The van der Waals surface area contributed by atoms with Crippen LogP contribution in [0.4, 0.5) is 0 Å². The van der Waals surface area contributed by atoms with Gasteiger partial charge in [0.15, 0.2) is 11.9 Å². The molecule has 3 rings (SSSR count). The Morgan fingerprint density at radius 3 is 2.67 bits per heavy atom. The molecule has 0 bridgehead atoms. The lowest BCUT2D eigenvalue weighted by Gasteiger charge is -2.55. The van der Waals surface area contributed by atoms with E-state index in [4.69, 9.17) is 9.47 Å².